The van der Waals surface area contributed by atoms with Crippen molar-refractivity contribution in [2.75, 3.05) is 5.73 Å². The molecule has 2 N–H and O–H groups in total. The fourth-order valence-corrected chi connectivity index (χ4v) is 1.39. The molecule has 0 amide bonds. The van der Waals surface area contributed by atoms with E-state index in [1.54, 1.807) is 23.1 Å². The number of nitrogen functional groups attached to an aromatic ring is 1. The van der Waals surface area contributed by atoms with Gasteiger partial charge in [-0.3, -0.25) is 0 Å². The van der Waals surface area contributed by atoms with E-state index in [9.17, 15) is 0 Å². The average molecular weight is 202 g/mol. The molecule has 0 saturated carbocycles. The lowest BCUT2D eigenvalue weighted by Gasteiger charge is -2.00. The van der Waals surface area contributed by atoms with E-state index in [-0.39, 0.29) is 0 Å². The first-order chi connectivity index (χ1) is 7.36. The highest BCUT2D eigenvalue weighted by molar-refractivity contribution is 5.91. The number of fused-ring (bicyclic) bond motifs is 1. The van der Waals surface area contributed by atoms with E-state index in [0.29, 0.717) is 16.7 Å². The summed E-state index contributed by atoms with van der Waals surface area (Å²) in [6, 6.07) is 3.51. The first kappa shape index (κ1) is 7.92. The van der Waals surface area contributed by atoms with Crippen LogP contribution in [0.25, 0.3) is 16.7 Å². The Bertz CT molecular complexity index is 599. The van der Waals surface area contributed by atoms with E-state index in [1.807, 2.05) is 0 Å². The van der Waals surface area contributed by atoms with Crippen molar-refractivity contribution in [2.45, 2.75) is 0 Å². The van der Waals surface area contributed by atoms with Gasteiger partial charge in [-0.2, -0.15) is 5.10 Å². The van der Waals surface area contributed by atoms with E-state index in [2.05, 4.69) is 25.0 Å². The van der Waals surface area contributed by atoms with Crippen molar-refractivity contribution < 1.29 is 4.63 Å². The molecule has 7 nitrogen and oxygen atoms in total. The highest BCUT2D eigenvalue weighted by atomic mass is 16.6. The molecule has 74 valence electrons. The quantitative estimate of drug-likeness (QED) is 0.573. The smallest absolute Gasteiger partial charge is 0.163 e. The summed E-state index contributed by atoms with van der Waals surface area (Å²) in [5.41, 5.74) is 8.07. The molecule has 0 radical (unpaired) electrons. The van der Waals surface area contributed by atoms with Crippen molar-refractivity contribution >= 4 is 16.7 Å². The zero-order valence-corrected chi connectivity index (χ0v) is 7.53. The van der Waals surface area contributed by atoms with Crippen molar-refractivity contribution in [1.82, 2.24) is 25.1 Å². The normalized spacial score (nSPS) is 10.9. The van der Waals surface area contributed by atoms with Crippen LogP contribution < -0.4 is 5.73 Å². The number of rotatable bonds is 1. The number of aromatic nitrogens is 5. The number of hydrogen-bond donors (Lipinski definition) is 1. The third-order valence-corrected chi connectivity index (χ3v) is 2.09. The molecule has 0 spiro atoms. The van der Waals surface area contributed by atoms with Gasteiger partial charge in [-0.15, -0.1) is 0 Å². The molecular formula is C8H6N6O. The summed E-state index contributed by atoms with van der Waals surface area (Å²) in [6.07, 6.45) is 3.01. The Morgan fingerprint density at radius 3 is 2.87 bits per heavy atom. The maximum atomic E-state index is 5.72. The van der Waals surface area contributed by atoms with Crippen LogP contribution >= 0.6 is 0 Å². The fraction of sp³-hybridized carbons (Fsp3) is 0. The topological polar surface area (TPSA) is 95.7 Å². The van der Waals surface area contributed by atoms with Crippen molar-refractivity contribution in [2.24, 2.45) is 0 Å². The van der Waals surface area contributed by atoms with Crippen molar-refractivity contribution in [1.29, 1.82) is 0 Å². The summed E-state index contributed by atoms with van der Waals surface area (Å²) in [6.45, 7) is 0. The van der Waals surface area contributed by atoms with Gasteiger partial charge in [0.15, 0.2) is 11.0 Å². The maximum Gasteiger partial charge on any atom is 0.163 e. The Morgan fingerprint density at radius 2 is 2.07 bits per heavy atom. The summed E-state index contributed by atoms with van der Waals surface area (Å²) < 4.78 is 6.22. The SMILES string of the molecule is Nc1ccc(-n2cncn2)c2nonc12. The zero-order valence-electron chi connectivity index (χ0n) is 7.53. The van der Waals surface area contributed by atoms with E-state index < -0.39 is 0 Å². The maximum absolute atomic E-state index is 5.72. The molecule has 0 unspecified atom stereocenters. The van der Waals surface area contributed by atoms with Crippen molar-refractivity contribution in [3.05, 3.63) is 24.8 Å². The lowest BCUT2D eigenvalue weighted by Crippen LogP contribution is -1.97. The number of hydrogen-bond acceptors (Lipinski definition) is 6. The summed E-state index contributed by atoms with van der Waals surface area (Å²) in [5, 5.41) is 11.5. The van der Waals surface area contributed by atoms with Crippen molar-refractivity contribution in [3.8, 4) is 5.69 Å². The zero-order chi connectivity index (χ0) is 10.3. The minimum Gasteiger partial charge on any atom is -0.397 e. The number of nitrogens with two attached hydrogens (primary N) is 1. The summed E-state index contributed by atoms with van der Waals surface area (Å²) in [5.74, 6) is 0. The van der Waals surface area contributed by atoms with Crippen LogP contribution in [0.1, 0.15) is 0 Å². The van der Waals surface area contributed by atoms with Gasteiger partial charge in [-0.25, -0.2) is 14.3 Å². The van der Waals surface area contributed by atoms with Gasteiger partial charge in [0.25, 0.3) is 0 Å². The molecule has 2 aromatic heterocycles. The van der Waals surface area contributed by atoms with E-state index in [0.717, 1.165) is 5.69 Å². The molecule has 1 aromatic carbocycles. The third-order valence-electron chi connectivity index (χ3n) is 2.09. The van der Waals surface area contributed by atoms with E-state index >= 15 is 0 Å². The van der Waals surface area contributed by atoms with Crippen LogP contribution in [0.3, 0.4) is 0 Å². The van der Waals surface area contributed by atoms with Gasteiger partial charge in [0.05, 0.1) is 11.4 Å². The predicted molar refractivity (Wildman–Crippen MR) is 51.1 cm³/mol. The average Bonchev–Trinajstić information content (AvgIpc) is 2.88. The van der Waals surface area contributed by atoms with Crippen LogP contribution in [0.5, 0.6) is 0 Å². The van der Waals surface area contributed by atoms with Gasteiger partial charge in [0.1, 0.15) is 12.7 Å². The van der Waals surface area contributed by atoms with Crippen LogP contribution in [0.4, 0.5) is 5.69 Å². The van der Waals surface area contributed by atoms with E-state index in [1.165, 1.54) is 6.33 Å². The second-order valence-electron chi connectivity index (χ2n) is 2.98. The van der Waals surface area contributed by atoms with Gasteiger partial charge in [0, 0.05) is 0 Å². The molecular weight excluding hydrogens is 196 g/mol. The molecule has 3 rings (SSSR count). The minimum absolute atomic E-state index is 0.523. The molecule has 0 aliphatic carbocycles. The van der Waals surface area contributed by atoms with Gasteiger partial charge in [0.2, 0.25) is 0 Å². The lowest BCUT2D eigenvalue weighted by molar-refractivity contribution is 0.315. The van der Waals surface area contributed by atoms with Crippen LogP contribution in [0.2, 0.25) is 0 Å². The monoisotopic (exact) mass is 202 g/mol. The molecule has 7 heteroatoms. The highest BCUT2D eigenvalue weighted by Gasteiger charge is 2.11. The Labute approximate surface area is 83.5 Å². The van der Waals surface area contributed by atoms with Gasteiger partial charge in [-0.05, 0) is 22.4 Å². The van der Waals surface area contributed by atoms with E-state index in [4.69, 9.17) is 5.73 Å². The Hall–Kier alpha value is -2.44. The summed E-state index contributed by atoms with van der Waals surface area (Å²) in [7, 11) is 0. The van der Waals surface area contributed by atoms with Gasteiger partial charge >= 0.3 is 0 Å². The Balaban J connectivity index is 2.37. The standard InChI is InChI=1S/C8H6N6O/c9-5-1-2-6(14-4-10-3-11-14)8-7(5)12-15-13-8/h1-4H,9H2. The van der Waals surface area contributed by atoms with Gasteiger partial charge < -0.3 is 5.73 Å². The summed E-state index contributed by atoms with van der Waals surface area (Å²) >= 11 is 0. The Kier molecular flexibility index (Phi) is 1.46. The van der Waals surface area contributed by atoms with Crippen LogP contribution in [0.15, 0.2) is 29.4 Å². The largest absolute Gasteiger partial charge is 0.397 e. The lowest BCUT2D eigenvalue weighted by atomic mass is 10.2. The molecule has 0 bridgehead atoms. The molecule has 0 aliphatic rings. The summed E-state index contributed by atoms with van der Waals surface area (Å²) in [4.78, 5) is 3.85. The first-order valence-electron chi connectivity index (χ1n) is 4.22. The molecule has 15 heavy (non-hydrogen) atoms. The first-order valence-corrected chi connectivity index (χ1v) is 4.22. The fourth-order valence-electron chi connectivity index (χ4n) is 1.39. The molecule has 0 saturated heterocycles. The third kappa shape index (κ3) is 1.06. The second kappa shape index (κ2) is 2.77. The minimum atomic E-state index is 0.523. The van der Waals surface area contributed by atoms with Crippen molar-refractivity contribution in [3.63, 3.8) is 0 Å². The molecule has 0 aliphatic heterocycles. The number of anilines is 1. The predicted octanol–water partition coefficient (Wildman–Crippen LogP) is 0.386. The number of nitrogens with zero attached hydrogens (tertiary/aromatic N) is 5. The van der Waals surface area contributed by atoms with Crippen LogP contribution in [-0.2, 0) is 0 Å². The molecule has 0 fully saturated rings. The molecule has 3 aromatic rings. The molecule has 0 atom stereocenters. The van der Waals surface area contributed by atoms with Gasteiger partial charge in [-0.1, -0.05) is 0 Å². The molecule has 2 heterocycles. The Morgan fingerprint density at radius 1 is 1.20 bits per heavy atom. The number of benzene rings is 1. The van der Waals surface area contributed by atoms with Crippen LogP contribution in [0, 0.1) is 0 Å². The highest BCUT2D eigenvalue weighted by Crippen LogP contribution is 2.23. The second-order valence-corrected chi connectivity index (χ2v) is 2.98. The van der Waals surface area contributed by atoms with Crippen LogP contribution in [-0.4, -0.2) is 25.1 Å².